The predicted molar refractivity (Wildman–Crippen MR) is 114 cm³/mol. The molecule has 0 aromatic heterocycles. The number of benzene rings is 2. The van der Waals surface area contributed by atoms with Crippen LogP contribution in [0.4, 0.5) is 0 Å². The maximum absolute atomic E-state index is 12.8. The van der Waals surface area contributed by atoms with E-state index in [1.165, 1.54) is 4.31 Å². The van der Waals surface area contributed by atoms with E-state index >= 15 is 0 Å². The molecule has 0 N–H and O–H groups in total. The molecule has 1 saturated heterocycles. The number of piperazine rings is 1. The van der Waals surface area contributed by atoms with E-state index in [-0.39, 0.29) is 12.5 Å². The summed E-state index contributed by atoms with van der Waals surface area (Å²) in [6, 6.07) is 14.3. The first-order valence-corrected chi connectivity index (χ1v) is 11.3. The topological polar surface area (TPSA) is 60.9 Å². The van der Waals surface area contributed by atoms with Crippen molar-refractivity contribution in [2.45, 2.75) is 18.4 Å². The summed E-state index contributed by atoms with van der Waals surface area (Å²) in [4.78, 5) is 16.5. The molecule has 2 aromatic rings. The molecule has 0 radical (unpaired) electrons. The molecule has 1 fully saturated rings. The second kappa shape index (κ2) is 9.26. The van der Waals surface area contributed by atoms with Crippen molar-refractivity contribution in [2.24, 2.45) is 0 Å². The first-order valence-electron chi connectivity index (χ1n) is 9.53. The van der Waals surface area contributed by atoms with E-state index in [1.54, 1.807) is 36.2 Å². The summed E-state index contributed by atoms with van der Waals surface area (Å²) < 4.78 is 27.1. The van der Waals surface area contributed by atoms with E-state index in [4.69, 9.17) is 11.6 Å². The highest BCUT2D eigenvalue weighted by molar-refractivity contribution is 7.89. The number of rotatable bonds is 6. The molecule has 0 bridgehead atoms. The molecular formula is C21H26ClN3O3S. The van der Waals surface area contributed by atoms with E-state index in [2.05, 4.69) is 0 Å². The summed E-state index contributed by atoms with van der Waals surface area (Å²) in [5.41, 5.74) is 2.04. The summed E-state index contributed by atoms with van der Waals surface area (Å²) in [5.74, 6) is 0.00907. The lowest BCUT2D eigenvalue weighted by atomic mass is 10.2. The van der Waals surface area contributed by atoms with Crippen LogP contribution in [0.3, 0.4) is 0 Å². The standard InChI is InChI=1S/C21H26ClN3O3S/c1-17-3-9-20(10-4-17)29(27,28)25-13-11-24(12-14-25)16-21(26)23(2)15-18-5-7-19(22)8-6-18/h3-10H,11-16H2,1-2H3. The van der Waals surface area contributed by atoms with Gasteiger partial charge in [0.1, 0.15) is 0 Å². The van der Waals surface area contributed by atoms with E-state index in [1.807, 2.05) is 36.1 Å². The van der Waals surface area contributed by atoms with Gasteiger partial charge in [0.15, 0.2) is 0 Å². The summed E-state index contributed by atoms with van der Waals surface area (Å²) >= 11 is 5.90. The van der Waals surface area contributed by atoms with Crippen LogP contribution in [-0.4, -0.2) is 68.2 Å². The SMILES string of the molecule is Cc1ccc(S(=O)(=O)N2CCN(CC(=O)N(C)Cc3ccc(Cl)cc3)CC2)cc1. The van der Waals surface area contributed by atoms with Gasteiger partial charge in [0.2, 0.25) is 15.9 Å². The molecule has 6 nitrogen and oxygen atoms in total. The number of hydrogen-bond donors (Lipinski definition) is 0. The third-order valence-electron chi connectivity index (χ3n) is 5.11. The summed E-state index contributed by atoms with van der Waals surface area (Å²) in [6.45, 7) is 4.54. The Kier molecular flexibility index (Phi) is 6.95. The Morgan fingerprint density at radius 3 is 2.17 bits per heavy atom. The highest BCUT2D eigenvalue weighted by atomic mass is 35.5. The molecule has 8 heteroatoms. The highest BCUT2D eigenvalue weighted by Crippen LogP contribution is 2.18. The van der Waals surface area contributed by atoms with Crippen LogP contribution in [0.2, 0.25) is 5.02 Å². The fourth-order valence-electron chi connectivity index (χ4n) is 3.25. The Morgan fingerprint density at radius 2 is 1.59 bits per heavy atom. The minimum atomic E-state index is -3.49. The molecule has 3 rings (SSSR count). The third-order valence-corrected chi connectivity index (χ3v) is 7.27. The van der Waals surface area contributed by atoms with Crippen molar-refractivity contribution in [3.8, 4) is 0 Å². The summed E-state index contributed by atoms with van der Waals surface area (Å²) in [5, 5.41) is 0.668. The molecule has 1 aliphatic heterocycles. The minimum Gasteiger partial charge on any atom is -0.340 e. The number of amides is 1. The van der Waals surface area contributed by atoms with Crippen LogP contribution < -0.4 is 0 Å². The second-order valence-electron chi connectivity index (χ2n) is 7.37. The van der Waals surface area contributed by atoms with Crippen molar-refractivity contribution in [3.05, 3.63) is 64.7 Å². The average molecular weight is 436 g/mol. The fraction of sp³-hybridized carbons (Fsp3) is 0.381. The number of sulfonamides is 1. The van der Waals surface area contributed by atoms with Gasteiger partial charge in [-0.25, -0.2) is 8.42 Å². The number of likely N-dealkylation sites (N-methyl/N-ethyl adjacent to an activating group) is 1. The van der Waals surface area contributed by atoms with E-state index in [0.29, 0.717) is 42.6 Å². The first kappa shape index (κ1) is 21.8. The predicted octanol–water partition coefficient (Wildman–Crippen LogP) is 2.61. The lowest BCUT2D eigenvalue weighted by Crippen LogP contribution is -2.51. The van der Waals surface area contributed by atoms with Gasteiger partial charge in [0.25, 0.3) is 0 Å². The third kappa shape index (κ3) is 5.57. The van der Waals surface area contributed by atoms with Crippen LogP contribution in [0.5, 0.6) is 0 Å². The highest BCUT2D eigenvalue weighted by Gasteiger charge is 2.29. The van der Waals surface area contributed by atoms with Gasteiger partial charge in [-0.2, -0.15) is 4.31 Å². The van der Waals surface area contributed by atoms with Crippen LogP contribution in [0.1, 0.15) is 11.1 Å². The maximum Gasteiger partial charge on any atom is 0.243 e. The van der Waals surface area contributed by atoms with E-state index < -0.39 is 10.0 Å². The van der Waals surface area contributed by atoms with Crippen molar-refractivity contribution in [3.63, 3.8) is 0 Å². The average Bonchev–Trinajstić information content (AvgIpc) is 2.70. The molecule has 2 aromatic carbocycles. The number of carbonyl (C=O) groups is 1. The largest absolute Gasteiger partial charge is 0.340 e. The van der Waals surface area contributed by atoms with Gasteiger partial charge >= 0.3 is 0 Å². The number of aryl methyl sites for hydroxylation is 1. The molecule has 0 unspecified atom stereocenters. The normalized spacial score (nSPS) is 16.0. The molecule has 1 aliphatic rings. The molecule has 29 heavy (non-hydrogen) atoms. The number of nitrogens with zero attached hydrogens (tertiary/aromatic N) is 3. The van der Waals surface area contributed by atoms with Gasteiger partial charge in [0, 0.05) is 44.8 Å². The van der Waals surface area contributed by atoms with Crippen LogP contribution >= 0.6 is 11.6 Å². The van der Waals surface area contributed by atoms with Gasteiger partial charge in [-0.05, 0) is 36.8 Å². The van der Waals surface area contributed by atoms with Crippen LogP contribution in [0.15, 0.2) is 53.4 Å². The zero-order valence-corrected chi connectivity index (χ0v) is 18.3. The lowest BCUT2D eigenvalue weighted by molar-refractivity contribution is -0.131. The molecule has 0 atom stereocenters. The number of hydrogen-bond acceptors (Lipinski definition) is 4. The molecule has 0 spiro atoms. The van der Waals surface area contributed by atoms with Crippen molar-refractivity contribution < 1.29 is 13.2 Å². The Hall–Kier alpha value is -1.93. The maximum atomic E-state index is 12.8. The Morgan fingerprint density at radius 1 is 1.00 bits per heavy atom. The van der Waals surface area contributed by atoms with Gasteiger partial charge in [-0.1, -0.05) is 41.4 Å². The van der Waals surface area contributed by atoms with Crippen molar-refractivity contribution in [1.82, 2.24) is 14.1 Å². The monoisotopic (exact) mass is 435 g/mol. The lowest BCUT2D eigenvalue weighted by Gasteiger charge is -2.34. The Bertz CT molecular complexity index is 938. The van der Waals surface area contributed by atoms with Crippen LogP contribution in [0, 0.1) is 6.92 Å². The fourth-order valence-corrected chi connectivity index (χ4v) is 4.80. The summed E-state index contributed by atoms with van der Waals surface area (Å²) in [6.07, 6.45) is 0. The second-order valence-corrected chi connectivity index (χ2v) is 9.74. The zero-order valence-electron chi connectivity index (χ0n) is 16.7. The van der Waals surface area contributed by atoms with Crippen LogP contribution in [-0.2, 0) is 21.4 Å². The zero-order chi connectivity index (χ0) is 21.0. The molecule has 156 valence electrons. The van der Waals surface area contributed by atoms with Gasteiger partial charge in [-0.15, -0.1) is 0 Å². The van der Waals surface area contributed by atoms with Crippen molar-refractivity contribution in [1.29, 1.82) is 0 Å². The van der Waals surface area contributed by atoms with Gasteiger partial charge in [0.05, 0.1) is 11.4 Å². The van der Waals surface area contributed by atoms with Crippen LogP contribution in [0.25, 0.3) is 0 Å². The molecule has 0 aliphatic carbocycles. The quantitative estimate of drug-likeness (QED) is 0.699. The van der Waals surface area contributed by atoms with Crippen molar-refractivity contribution in [2.75, 3.05) is 39.8 Å². The van der Waals surface area contributed by atoms with E-state index in [9.17, 15) is 13.2 Å². The first-order chi connectivity index (χ1) is 13.8. The van der Waals surface area contributed by atoms with E-state index in [0.717, 1.165) is 11.1 Å². The van der Waals surface area contributed by atoms with Crippen molar-refractivity contribution >= 4 is 27.5 Å². The smallest absolute Gasteiger partial charge is 0.243 e. The molecule has 0 saturated carbocycles. The molecule has 1 heterocycles. The molecular weight excluding hydrogens is 410 g/mol. The minimum absolute atomic E-state index is 0.00907. The Labute approximate surface area is 177 Å². The number of halogens is 1. The van der Waals surface area contributed by atoms with Gasteiger partial charge in [-0.3, -0.25) is 9.69 Å². The Balaban J connectivity index is 1.51. The number of carbonyl (C=O) groups excluding carboxylic acids is 1. The molecule has 1 amide bonds. The summed E-state index contributed by atoms with van der Waals surface area (Å²) in [7, 11) is -1.72. The van der Waals surface area contributed by atoms with Gasteiger partial charge < -0.3 is 4.90 Å².